The quantitative estimate of drug-likeness (QED) is 0.559. The van der Waals surface area contributed by atoms with Gasteiger partial charge in [0, 0.05) is 12.4 Å². The second kappa shape index (κ2) is 8.08. The van der Waals surface area contributed by atoms with E-state index in [9.17, 15) is 10.2 Å². The Morgan fingerprint density at radius 1 is 1.03 bits per heavy atom. The number of rotatable bonds is 4. The average molecular weight is 440 g/mol. The average Bonchev–Trinajstić information content (AvgIpc) is 3.16. The molecule has 0 radical (unpaired) electrons. The van der Waals surface area contributed by atoms with Crippen LogP contribution in [0.5, 0.6) is 0 Å². The van der Waals surface area contributed by atoms with E-state index >= 15 is 0 Å². The third-order valence-electron chi connectivity index (χ3n) is 11.7. The van der Waals surface area contributed by atoms with Gasteiger partial charge in [-0.2, -0.15) is 0 Å². The van der Waals surface area contributed by atoms with E-state index in [4.69, 9.17) is 0 Å². The molecule has 3 nitrogen and oxygen atoms in total. The molecule has 0 aliphatic heterocycles. The van der Waals surface area contributed by atoms with Gasteiger partial charge in [0.15, 0.2) is 0 Å². The lowest BCUT2D eigenvalue weighted by atomic mass is 9.43. The normalized spacial score (nSPS) is 47.8. The van der Waals surface area contributed by atoms with Crippen molar-refractivity contribution in [3.8, 4) is 0 Å². The molecule has 4 aliphatic carbocycles. The van der Waals surface area contributed by atoms with Crippen LogP contribution in [0.3, 0.4) is 0 Å². The SMILES string of the molecule is CC[C@]1(O)CC[C@@]2(C)[C@@H](CC[C@@H]3[C@@H]2CC[C@]2(C)[C@@H]([C@H](C)[C@H](O)c4cccnc4)CC[C@@H]32)C1. The minimum absolute atomic E-state index is 0.270. The van der Waals surface area contributed by atoms with E-state index in [1.807, 2.05) is 18.3 Å². The largest absolute Gasteiger partial charge is 0.390 e. The molecule has 5 rings (SSSR count). The molecule has 0 unspecified atom stereocenters. The van der Waals surface area contributed by atoms with Crippen LogP contribution in [0.2, 0.25) is 0 Å². The molecule has 0 aromatic carbocycles. The highest BCUT2D eigenvalue weighted by Gasteiger charge is 2.61. The molecule has 0 bridgehead atoms. The second-order valence-corrected chi connectivity index (χ2v) is 12.8. The number of pyridine rings is 1. The molecule has 0 spiro atoms. The van der Waals surface area contributed by atoms with Crippen molar-refractivity contribution in [3.05, 3.63) is 30.1 Å². The molecule has 0 saturated heterocycles. The summed E-state index contributed by atoms with van der Waals surface area (Å²) in [4.78, 5) is 4.25. The lowest BCUT2D eigenvalue weighted by Gasteiger charge is -2.62. The third kappa shape index (κ3) is 3.40. The van der Waals surface area contributed by atoms with Crippen LogP contribution >= 0.6 is 0 Å². The van der Waals surface area contributed by atoms with Crippen molar-refractivity contribution >= 4 is 0 Å². The summed E-state index contributed by atoms with van der Waals surface area (Å²) in [6.07, 6.45) is 15.3. The van der Waals surface area contributed by atoms with Gasteiger partial charge in [0.1, 0.15) is 0 Å². The first-order valence-electron chi connectivity index (χ1n) is 13.5. The zero-order chi connectivity index (χ0) is 22.7. The van der Waals surface area contributed by atoms with Gasteiger partial charge in [-0.05, 0) is 122 Å². The van der Waals surface area contributed by atoms with Gasteiger partial charge in [-0.15, -0.1) is 0 Å². The first kappa shape index (κ1) is 22.8. The van der Waals surface area contributed by atoms with Crippen LogP contribution in [0, 0.1) is 46.3 Å². The summed E-state index contributed by atoms with van der Waals surface area (Å²) >= 11 is 0. The molecule has 1 aromatic heterocycles. The van der Waals surface area contributed by atoms with Gasteiger partial charge in [-0.1, -0.05) is 33.8 Å². The van der Waals surface area contributed by atoms with Crippen LogP contribution < -0.4 is 0 Å². The molecule has 32 heavy (non-hydrogen) atoms. The number of aromatic nitrogens is 1. The zero-order valence-corrected chi connectivity index (χ0v) is 20.8. The van der Waals surface area contributed by atoms with Crippen molar-refractivity contribution in [1.82, 2.24) is 4.98 Å². The molecular formula is C29H45NO2. The molecule has 1 heterocycles. The molecular weight excluding hydrogens is 394 g/mol. The highest BCUT2D eigenvalue weighted by molar-refractivity contribution is 5.16. The van der Waals surface area contributed by atoms with Crippen molar-refractivity contribution in [2.75, 3.05) is 0 Å². The van der Waals surface area contributed by atoms with Crippen LogP contribution in [0.15, 0.2) is 24.5 Å². The molecule has 0 amide bonds. The number of hydrogen-bond donors (Lipinski definition) is 2. The van der Waals surface area contributed by atoms with Gasteiger partial charge < -0.3 is 10.2 Å². The first-order chi connectivity index (χ1) is 15.2. The van der Waals surface area contributed by atoms with E-state index in [0.717, 1.165) is 42.6 Å². The minimum atomic E-state index is -0.416. The highest BCUT2D eigenvalue weighted by atomic mass is 16.3. The summed E-state index contributed by atoms with van der Waals surface area (Å²) in [7, 11) is 0. The Morgan fingerprint density at radius 3 is 2.53 bits per heavy atom. The third-order valence-corrected chi connectivity index (χ3v) is 11.7. The van der Waals surface area contributed by atoms with E-state index in [2.05, 4.69) is 32.7 Å². The van der Waals surface area contributed by atoms with E-state index in [1.54, 1.807) is 6.20 Å². The Balaban J connectivity index is 1.35. The number of aliphatic hydroxyl groups excluding tert-OH is 1. The Bertz CT molecular complexity index is 813. The molecule has 3 heteroatoms. The maximum atomic E-state index is 11.2. The molecule has 4 aliphatic rings. The fourth-order valence-corrected chi connectivity index (χ4v) is 9.62. The molecule has 4 fully saturated rings. The Morgan fingerprint density at radius 2 is 1.81 bits per heavy atom. The maximum absolute atomic E-state index is 11.2. The van der Waals surface area contributed by atoms with Crippen LogP contribution in [0.4, 0.5) is 0 Å². The predicted octanol–water partition coefficient (Wildman–Crippen LogP) is 6.55. The van der Waals surface area contributed by atoms with Crippen LogP contribution in [0.1, 0.15) is 104 Å². The Hall–Kier alpha value is -0.930. The number of aliphatic hydroxyl groups is 2. The minimum Gasteiger partial charge on any atom is -0.390 e. The van der Waals surface area contributed by atoms with Crippen molar-refractivity contribution in [2.24, 2.45) is 46.3 Å². The summed E-state index contributed by atoms with van der Waals surface area (Å²) in [6, 6.07) is 3.97. The predicted molar refractivity (Wildman–Crippen MR) is 129 cm³/mol. The molecule has 1 aromatic rings. The number of hydrogen-bond acceptors (Lipinski definition) is 3. The van der Waals surface area contributed by atoms with E-state index in [1.165, 1.54) is 44.9 Å². The summed E-state index contributed by atoms with van der Waals surface area (Å²) in [5.41, 5.74) is 1.34. The van der Waals surface area contributed by atoms with Gasteiger partial charge in [-0.25, -0.2) is 0 Å². The van der Waals surface area contributed by atoms with E-state index in [0.29, 0.717) is 22.7 Å². The van der Waals surface area contributed by atoms with Crippen molar-refractivity contribution in [2.45, 2.75) is 104 Å². The first-order valence-corrected chi connectivity index (χ1v) is 13.5. The highest BCUT2D eigenvalue weighted by Crippen LogP contribution is 2.69. The lowest BCUT2D eigenvalue weighted by molar-refractivity contribution is -0.154. The van der Waals surface area contributed by atoms with E-state index < -0.39 is 11.7 Å². The summed E-state index contributed by atoms with van der Waals surface area (Å²) in [5.74, 6) is 4.04. The fourth-order valence-electron chi connectivity index (χ4n) is 9.62. The van der Waals surface area contributed by atoms with Gasteiger partial charge >= 0.3 is 0 Å². The van der Waals surface area contributed by atoms with Crippen LogP contribution in [0.25, 0.3) is 0 Å². The maximum Gasteiger partial charge on any atom is 0.0833 e. The van der Waals surface area contributed by atoms with Crippen molar-refractivity contribution in [3.63, 3.8) is 0 Å². The smallest absolute Gasteiger partial charge is 0.0833 e. The van der Waals surface area contributed by atoms with E-state index in [-0.39, 0.29) is 5.92 Å². The second-order valence-electron chi connectivity index (χ2n) is 12.8. The number of fused-ring (bicyclic) bond motifs is 5. The van der Waals surface area contributed by atoms with Crippen LogP contribution in [-0.2, 0) is 0 Å². The molecule has 178 valence electrons. The summed E-state index contributed by atoms with van der Waals surface area (Å²) in [5, 5.41) is 22.2. The van der Waals surface area contributed by atoms with Crippen molar-refractivity contribution in [1.29, 1.82) is 0 Å². The lowest BCUT2D eigenvalue weighted by Crippen LogP contribution is -2.56. The molecule has 10 atom stereocenters. The topological polar surface area (TPSA) is 53.4 Å². The summed E-state index contributed by atoms with van der Waals surface area (Å²) < 4.78 is 0. The standard InChI is InChI=1S/C29H45NO2/c1-5-29(32)15-14-27(3)21(17-29)8-9-22-24-11-10-23(28(24,4)13-12-25(22)27)19(2)26(31)20-7-6-16-30-18-20/h6-7,16,18-19,21-26,31-32H,5,8-15,17H2,1-4H3/t19-,21-,22-,23+,24-,25-,26-,27-,28+,29-/m0/s1. The Labute approximate surface area is 195 Å². The molecule has 4 saturated carbocycles. The monoisotopic (exact) mass is 439 g/mol. The Kier molecular flexibility index (Phi) is 5.77. The van der Waals surface area contributed by atoms with Crippen molar-refractivity contribution < 1.29 is 10.2 Å². The zero-order valence-electron chi connectivity index (χ0n) is 20.8. The van der Waals surface area contributed by atoms with Gasteiger partial charge in [-0.3, -0.25) is 4.98 Å². The van der Waals surface area contributed by atoms with Crippen LogP contribution in [-0.4, -0.2) is 20.8 Å². The molecule has 2 N–H and O–H groups in total. The fraction of sp³-hybridized carbons (Fsp3) is 0.828. The van der Waals surface area contributed by atoms with Gasteiger partial charge in [0.25, 0.3) is 0 Å². The summed E-state index contributed by atoms with van der Waals surface area (Å²) in [6.45, 7) is 9.61. The number of nitrogens with zero attached hydrogens (tertiary/aromatic N) is 1. The van der Waals surface area contributed by atoms with Gasteiger partial charge in [0.2, 0.25) is 0 Å². The van der Waals surface area contributed by atoms with Gasteiger partial charge in [0.05, 0.1) is 11.7 Å².